The van der Waals surface area contributed by atoms with E-state index in [1.807, 2.05) is 30.3 Å². The van der Waals surface area contributed by atoms with Crippen LogP contribution in [-0.4, -0.2) is 44.7 Å². The van der Waals surface area contributed by atoms with E-state index in [0.29, 0.717) is 0 Å². The molecule has 3 rings (SSSR count). The van der Waals surface area contributed by atoms with E-state index in [-0.39, 0.29) is 19.0 Å². The van der Waals surface area contributed by atoms with Crippen molar-refractivity contribution in [3.8, 4) is 0 Å². The summed E-state index contributed by atoms with van der Waals surface area (Å²) in [7, 11) is 0. The molecule has 0 radical (unpaired) electrons. The molecular weight excluding hydrogens is 314 g/mol. The zero-order valence-electron chi connectivity index (χ0n) is 12.9. The predicted octanol–water partition coefficient (Wildman–Crippen LogP) is -0.338. The molecule has 1 aromatic carbocycles. The van der Waals surface area contributed by atoms with Crippen LogP contribution >= 0.6 is 0 Å². The van der Waals surface area contributed by atoms with Crippen LogP contribution in [-0.2, 0) is 16.1 Å². The van der Waals surface area contributed by atoms with Crippen molar-refractivity contribution in [3.05, 3.63) is 58.6 Å². The second kappa shape index (κ2) is 7.10. The first-order chi connectivity index (χ1) is 11.6. The summed E-state index contributed by atoms with van der Waals surface area (Å²) in [4.78, 5) is 15.5. The maximum absolute atomic E-state index is 11.9. The Labute approximate surface area is 138 Å². The van der Waals surface area contributed by atoms with Gasteiger partial charge in [0, 0.05) is 6.20 Å². The minimum Gasteiger partial charge on any atom is -0.394 e. The molecule has 2 heterocycles. The average molecular weight is 333 g/mol. The third kappa shape index (κ3) is 3.31. The SMILES string of the molecule is Nc1ccn([C@@H]2O[C@H](CO)[C@@H](OCc3ccccc3)[C@H]2O)c(=O)n1. The van der Waals surface area contributed by atoms with Gasteiger partial charge in [-0.25, -0.2) is 4.79 Å². The molecule has 8 heteroatoms. The van der Waals surface area contributed by atoms with Crippen molar-refractivity contribution in [1.29, 1.82) is 0 Å². The van der Waals surface area contributed by atoms with Gasteiger partial charge in [-0.3, -0.25) is 4.57 Å². The number of hydrogen-bond donors (Lipinski definition) is 3. The first-order valence-corrected chi connectivity index (χ1v) is 7.54. The molecule has 4 N–H and O–H groups in total. The Kier molecular flexibility index (Phi) is 4.91. The van der Waals surface area contributed by atoms with E-state index in [9.17, 15) is 15.0 Å². The van der Waals surface area contributed by atoms with Crippen LogP contribution in [0.5, 0.6) is 0 Å². The summed E-state index contributed by atoms with van der Waals surface area (Å²) in [6, 6.07) is 10.9. The highest BCUT2D eigenvalue weighted by atomic mass is 16.6. The zero-order valence-corrected chi connectivity index (χ0v) is 12.9. The van der Waals surface area contributed by atoms with Gasteiger partial charge in [0.2, 0.25) is 0 Å². The van der Waals surface area contributed by atoms with Crippen molar-refractivity contribution < 1.29 is 19.7 Å². The van der Waals surface area contributed by atoms with E-state index in [2.05, 4.69) is 4.98 Å². The second-order valence-corrected chi connectivity index (χ2v) is 5.54. The van der Waals surface area contributed by atoms with Gasteiger partial charge in [0.25, 0.3) is 0 Å². The molecule has 24 heavy (non-hydrogen) atoms. The summed E-state index contributed by atoms with van der Waals surface area (Å²) in [5, 5.41) is 20.0. The van der Waals surface area contributed by atoms with Crippen LogP contribution in [0.25, 0.3) is 0 Å². The Bertz CT molecular complexity index is 736. The van der Waals surface area contributed by atoms with Gasteiger partial charge in [-0.1, -0.05) is 30.3 Å². The van der Waals surface area contributed by atoms with Gasteiger partial charge in [0.1, 0.15) is 24.1 Å². The zero-order chi connectivity index (χ0) is 17.1. The number of aliphatic hydroxyl groups is 2. The molecule has 1 saturated heterocycles. The number of anilines is 1. The van der Waals surface area contributed by atoms with E-state index < -0.39 is 30.2 Å². The monoisotopic (exact) mass is 333 g/mol. The molecule has 0 unspecified atom stereocenters. The van der Waals surface area contributed by atoms with Gasteiger partial charge < -0.3 is 25.4 Å². The minimum absolute atomic E-state index is 0.0827. The molecule has 1 aliphatic heterocycles. The summed E-state index contributed by atoms with van der Waals surface area (Å²) in [5.41, 5.74) is 5.75. The Hall–Kier alpha value is -2.26. The molecule has 0 amide bonds. The number of benzene rings is 1. The van der Waals surface area contributed by atoms with Gasteiger partial charge in [-0.15, -0.1) is 0 Å². The van der Waals surface area contributed by atoms with Gasteiger partial charge >= 0.3 is 5.69 Å². The van der Waals surface area contributed by atoms with Crippen molar-refractivity contribution in [2.45, 2.75) is 31.1 Å². The molecule has 1 aromatic heterocycles. The van der Waals surface area contributed by atoms with E-state index in [0.717, 1.165) is 10.1 Å². The lowest BCUT2D eigenvalue weighted by Gasteiger charge is -2.20. The number of rotatable bonds is 5. The van der Waals surface area contributed by atoms with Crippen LogP contribution < -0.4 is 11.4 Å². The van der Waals surface area contributed by atoms with Crippen LogP contribution in [0.1, 0.15) is 11.8 Å². The quantitative estimate of drug-likeness (QED) is 0.685. The smallest absolute Gasteiger partial charge is 0.351 e. The van der Waals surface area contributed by atoms with Crippen LogP contribution in [0.4, 0.5) is 5.82 Å². The van der Waals surface area contributed by atoms with Crippen LogP contribution in [0.2, 0.25) is 0 Å². The molecule has 2 aromatic rings. The first kappa shape index (κ1) is 16.6. The Morgan fingerprint density at radius 1 is 1.29 bits per heavy atom. The molecule has 4 atom stereocenters. The topological polar surface area (TPSA) is 120 Å². The lowest BCUT2D eigenvalue weighted by atomic mass is 10.1. The molecule has 0 bridgehead atoms. The van der Waals surface area contributed by atoms with Gasteiger partial charge in [-0.2, -0.15) is 4.98 Å². The average Bonchev–Trinajstić information content (AvgIpc) is 2.90. The summed E-state index contributed by atoms with van der Waals surface area (Å²) < 4.78 is 12.4. The Balaban J connectivity index is 1.76. The maximum Gasteiger partial charge on any atom is 0.351 e. The summed E-state index contributed by atoms with van der Waals surface area (Å²) in [6.07, 6.45) is -2.26. The highest BCUT2D eigenvalue weighted by Crippen LogP contribution is 2.31. The van der Waals surface area contributed by atoms with Gasteiger partial charge in [0.15, 0.2) is 6.23 Å². The van der Waals surface area contributed by atoms with Crippen molar-refractivity contribution in [2.24, 2.45) is 0 Å². The van der Waals surface area contributed by atoms with Crippen molar-refractivity contribution in [2.75, 3.05) is 12.3 Å². The number of aliphatic hydroxyl groups excluding tert-OH is 2. The summed E-state index contributed by atoms with van der Waals surface area (Å²) in [5.74, 6) is 0.0827. The Morgan fingerprint density at radius 3 is 2.71 bits per heavy atom. The van der Waals surface area contributed by atoms with Gasteiger partial charge in [-0.05, 0) is 11.6 Å². The van der Waals surface area contributed by atoms with Crippen LogP contribution in [0.15, 0.2) is 47.4 Å². The third-order valence-corrected chi connectivity index (χ3v) is 3.90. The molecule has 0 saturated carbocycles. The second-order valence-electron chi connectivity index (χ2n) is 5.54. The largest absolute Gasteiger partial charge is 0.394 e. The van der Waals surface area contributed by atoms with E-state index >= 15 is 0 Å². The molecule has 8 nitrogen and oxygen atoms in total. The molecule has 1 aliphatic rings. The van der Waals surface area contributed by atoms with Crippen LogP contribution in [0.3, 0.4) is 0 Å². The van der Waals surface area contributed by atoms with E-state index in [1.165, 1.54) is 12.3 Å². The number of aromatic nitrogens is 2. The molecular formula is C16H19N3O5. The highest BCUT2D eigenvalue weighted by Gasteiger charge is 2.45. The molecule has 0 spiro atoms. The normalized spacial score (nSPS) is 26.6. The number of ether oxygens (including phenoxy) is 2. The number of hydrogen-bond acceptors (Lipinski definition) is 7. The fourth-order valence-corrected chi connectivity index (χ4v) is 2.69. The fraction of sp³-hybridized carbons (Fsp3) is 0.375. The van der Waals surface area contributed by atoms with E-state index in [4.69, 9.17) is 15.2 Å². The molecule has 1 fully saturated rings. The summed E-state index contributed by atoms with van der Waals surface area (Å²) >= 11 is 0. The van der Waals surface area contributed by atoms with Crippen molar-refractivity contribution >= 4 is 5.82 Å². The third-order valence-electron chi connectivity index (χ3n) is 3.90. The molecule has 128 valence electrons. The lowest BCUT2D eigenvalue weighted by Crippen LogP contribution is -2.37. The minimum atomic E-state index is -1.13. The predicted molar refractivity (Wildman–Crippen MR) is 84.9 cm³/mol. The lowest BCUT2D eigenvalue weighted by molar-refractivity contribution is -0.0660. The van der Waals surface area contributed by atoms with E-state index in [1.54, 1.807) is 0 Å². The molecule has 0 aliphatic carbocycles. The summed E-state index contributed by atoms with van der Waals surface area (Å²) in [6.45, 7) is -0.0891. The van der Waals surface area contributed by atoms with Crippen molar-refractivity contribution in [3.63, 3.8) is 0 Å². The van der Waals surface area contributed by atoms with Crippen molar-refractivity contribution in [1.82, 2.24) is 9.55 Å². The van der Waals surface area contributed by atoms with Crippen LogP contribution in [0, 0.1) is 0 Å². The number of nitrogen functional groups attached to an aromatic ring is 1. The number of nitrogens with two attached hydrogens (primary N) is 1. The van der Waals surface area contributed by atoms with Gasteiger partial charge in [0.05, 0.1) is 13.2 Å². The highest BCUT2D eigenvalue weighted by molar-refractivity contribution is 5.23. The first-order valence-electron chi connectivity index (χ1n) is 7.54. The fourth-order valence-electron chi connectivity index (χ4n) is 2.69. The maximum atomic E-state index is 11.9. The standard InChI is InChI=1S/C16H19N3O5/c17-12-6-7-19(16(22)18-12)15-13(21)14(11(8-20)24-15)23-9-10-4-2-1-3-5-10/h1-7,11,13-15,20-21H,8-9H2,(H2,17,18,22)/t11-,13-,14-,15-/m1/s1. The number of nitrogens with zero attached hydrogens (tertiary/aromatic N) is 2. The Morgan fingerprint density at radius 2 is 2.04 bits per heavy atom.